The largest absolute Gasteiger partial charge is 0.480 e. The van der Waals surface area contributed by atoms with Gasteiger partial charge in [-0.3, -0.25) is 23.4 Å². The van der Waals surface area contributed by atoms with Gasteiger partial charge in [-0.25, -0.2) is 4.57 Å². The molecule has 0 aliphatic heterocycles. The van der Waals surface area contributed by atoms with Crippen LogP contribution < -0.4 is 5.73 Å². The summed E-state index contributed by atoms with van der Waals surface area (Å²) in [7, 11) is -4.78. The minimum Gasteiger partial charge on any atom is -0.480 e. The molecule has 0 saturated heterocycles. The molecule has 1 unspecified atom stereocenters. The van der Waals surface area contributed by atoms with Gasteiger partial charge in [0.1, 0.15) is 12.6 Å². The van der Waals surface area contributed by atoms with Crippen molar-refractivity contribution in [2.75, 3.05) is 19.8 Å². The van der Waals surface area contributed by atoms with E-state index in [-0.39, 0.29) is 31.1 Å². The lowest BCUT2D eigenvalue weighted by Gasteiger charge is -2.20. The number of carbonyl (C=O) groups excluding carboxylic acids is 2. The van der Waals surface area contributed by atoms with Gasteiger partial charge in [0.05, 0.1) is 31.5 Å². The van der Waals surface area contributed by atoms with Crippen LogP contribution in [0.15, 0.2) is 48.6 Å². The van der Waals surface area contributed by atoms with Gasteiger partial charge in [-0.2, -0.15) is 0 Å². The van der Waals surface area contributed by atoms with Gasteiger partial charge < -0.3 is 40.5 Å². The fourth-order valence-electron chi connectivity index (χ4n) is 6.56. The average molecular weight is 858 g/mol. The van der Waals surface area contributed by atoms with Crippen molar-refractivity contribution in [3.8, 4) is 0 Å². The number of esters is 2. The second-order valence-corrected chi connectivity index (χ2v) is 16.9. The Hall–Kier alpha value is -2.68. The summed E-state index contributed by atoms with van der Waals surface area (Å²) < 4.78 is 32.6. The zero-order valence-corrected chi connectivity index (χ0v) is 36.6. The zero-order valence-electron chi connectivity index (χ0n) is 35.7. The van der Waals surface area contributed by atoms with Crippen molar-refractivity contribution >= 4 is 25.7 Å². The lowest BCUT2D eigenvalue weighted by molar-refractivity contribution is -0.161. The van der Waals surface area contributed by atoms with Gasteiger partial charge in [0.25, 0.3) is 0 Å². The first kappa shape index (κ1) is 54.3. The molecule has 0 radical (unpaired) electrons. The number of ether oxygens (including phenoxy) is 2. The van der Waals surface area contributed by atoms with E-state index in [0.29, 0.717) is 32.1 Å². The van der Waals surface area contributed by atoms with Gasteiger partial charge in [0, 0.05) is 25.2 Å². The first-order valence-electron chi connectivity index (χ1n) is 21.9. The third kappa shape index (κ3) is 28.5. The zero-order chi connectivity index (χ0) is 43.7. The number of allylic oxidation sites excluding steroid dienone is 6. The molecule has 8 atom stereocenters. The number of hydrogen-bond donors (Lipinski definition) is 6. The van der Waals surface area contributed by atoms with E-state index in [0.717, 1.165) is 64.2 Å². The lowest BCUT2D eigenvalue weighted by atomic mass is 9.89. The number of carboxylic acid groups (broad SMARTS) is 1. The average Bonchev–Trinajstić information content (AvgIpc) is 3.47. The van der Waals surface area contributed by atoms with E-state index in [4.69, 9.17) is 24.8 Å². The molecule has 15 heteroatoms. The van der Waals surface area contributed by atoms with E-state index >= 15 is 0 Å². The number of nitrogens with two attached hydrogens (primary N) is 1. The van der Waals surface area contributed by atoms with E-state index < -0.39 is 76.0 Å². The van der Waals surface area contributed by atoms with E-state index in [1.165, 1.54) is 19.3 Å². The molecule has 0 aromatic carbocycles. The Bertz CT molecular complexity index is 1310. The van der Waals surface area contributed by atoms with Gasteiger partial charge in [-0.1, -0.05) is 114 Å². The predicted molar refractivity (Wildman–Crippen MR) is 228 cm³/mol. The smallest absolute Gasteiger partial charge is 0.472 e. The van der Waals surface area contributed by atoms with Crippen LogP contribution in [0, 0.1) is 11.8 Å². The first-order chi connectivity index (χ1) is 28.3. The normalized spacial score (nSPS) is 21.1. The fourth-order valence-corrected chi connectivity index (χ4v) is 7.34. The van der Waals surface area contributed by atoms with Gasteiger partial charge in [-0.05, 0) is 70.1 Å². The van der Waals surface area contributed by atoms with Gasteiger partial charge in [-0.15, -0.1) is 0 Å². The number of rotatable bonds is 36. The van der Waals surface area contributed by atoms with Crippen molar-refractivity contribution in [2.24, 2.45) is 17.6 Å². The van der Waals surface area contributed by atoms with Crippen molar-refractivity contribution in [3.05, 3.63) is 48.6 Å². The van der Waals surface area contributed by atoms with Crippen LogP contribution in [0.5, 0.6) is 0 Å². The molecule has 0 amide bonds. The molecule has 0 heterocycles. The van der Waals surface area contributed by atoms with Crippen LogP contribution in [0.2, 0.25) is 0 Å². The number of carboxylic acids is 1. The van der Waals surface area contributed by atoms with Crippen LogP contribution in [-0.2, 0) is 37.5 Å². The Morgan fingerprint density at radius 3 is 2.03 bits per heavy atom. The maximum absolute atomic E-state index is 12.7. The van der Waals surface area contributed by atoms with Crippen molar-refractivity contribution in [1.29, 1.82) is 0 Å². The number of aliphatic carboxylic acids is 1. The molecule has 59 heavy (non-hydrogen) atoms. The predicted octanol–water partition coefficient (Wildman–Crippen LogP) is 7.77. The van der Waals surface area contributed by atoms with Crippen LogP contribution in [0.3, 0.4) is 0 Å². The summed E-state index contributed by atoms with van der Waals surface area (Å²) in [6.07, 6.45) is 29.9. The number of aliphatic hydroxyl groups is 3. The number of phosphoric acid groups is 1. The SMILES string of the molecule is CCCCC/C=C\C/C=C\CCCCCCCC(=O)O[C@H](COC(=O)CCC/C=C/C[C@@H]1[C@@H](/C=C/[C@@H](O)CCCCC)[C@H](O)C[C@@H]1O)COP(=O)(O)OC[C@H](N)C(=O)O. The van der Waals surface area contributed by atoms with Crippen molar-refractivity contribution in [2.45, 2.75) is 179 Å². The highest BCUT2D eigenvalue weighted by atomic mass is 31.2. The molecule has 7 N–H and O–H groups in total. The Balaban J connectivity index is 2.52. The van der Waals surface area contributed by atoms with Gasteiger partial charge >= 0.3 is 25.7 Å². The highest BCUT2D eigenvalue weighted by Crippen LogP contribution is 2.43. The maximum atomic E-state index is 12.7. The summed E-state index contributed by atoms with van der Waals surface area (Å²) in [5.41, 5.74) is 5.33. The van der Waals surface area contributed by atoms with E-state index in [1.54, 1.807) is 6.08 Å². The maximum Gasteiger partial charge on any atom is 0.472 e. The summed E-state index contributed by atoms with van der Waals surface area (Å²) in [6, 6.07) is -1.56. The Morgan fingerprint density at radius 1 is 0.746 bits per heavy atom. The molecule has 1 fully saturated rings. The molecule has 1 aliphatic carbocycles. The summed E-state index contributed by atoms with van der Waals surface area (Å²) in [6.45, 7) is 2.40. The van der Waals surface area contributed by atoms with Crippen LogP contribution in [0.25, 0.3) is 0 Å². The Morgan fingerprint density at radius 2 is 1.34 bits per heavy atom. The van der Waals surface area contributed by atoms with E-state index in [9.17, 15) is 39.2 Å². The second-order valence-electron chi connectivity index (χ2n) is 15.4. The molecule has 0 aromatic heterocycles. The van der Waals surface area contributed by atoms with Crippen molar-refractivity contribution in [1.82, 2.24) is 0 Å². The Labute approximate surface area is 352 Å². The topological polar surface area (TPSA) is 232 Å². The van der Waals surface area contributed by atoms with Crippen LogP contribution >= 0.6 is 7.82 Å². The van der Waals surface area contributed by atoms with E-state index in [1.807, 2.05) is 18.2 Å². The number of unbranched alkanes of at least 4 members (excludes halogenated alkanes) is 11. The molecule has 0 bridgehead atoms. The van der Waals surface area contributed by atoms with Crippen molar-refractivity contribution < 1.29 is 62.8 Å². The minimum atomic E-state index is -4.78. The molecule has 1 saturated carbocycles. The molecule has 1 rings (SSSR count). The fraction of sp³-hybridized carbons (Fsp3) is 0.750. The molecule has 1 aliphatic rings. The summed E-state index contributed by atoms with van der Waals surface area (Å²) in [5, 5.41) is 40.2. The first-order valence-corrected chi connectivity index (χ1v) is 23.4. The molecule has 340 valence electrons. The van der Waals surface area contributed by atoms with Crippen LogP contribution in [0.1, 0.15) is 149 Å². The molecule has 14 nitrogen and oxygen atoms in total. The number of hydrogen-bond acceptors (Lipinski definition) is 12. The van der Waals surface area contributed by atoms with E-state index in [2.05, 4.69) is 42.7 Å². The molecular formula is C44H76NO13P. The monoisotopic (exact) mass is 858 g/mol. The molecule has 0 aromatic rings. The third-order valence-corrected chi connectivity index (χ3v) is 11.1. The summed E-state index contributed by atoms with van der Waals surface area (Å²) >= 11 is 0. The lowest BCUT2D eigenvalue weighted by Crippen LogP contribution is -2.34. The third-order valence-electron chi connectivity index (χ3n) is 10.1. The summed E-state index contributed by atoms with van der Waals surface area (Å²) in [5.74, 6) is -3.08. The molecule has 0 spiro atoms. The molecular weight excluding hydrogens is 781 g/mol. The number of aliphatic hydroxyl groups excluding tert-OH is 3. The minimum absolute atomic E-state index is 0.0402. The number of phosphoric ester groups is 1. The van der Waals surface area contributed by atoms with Gasteiger partial charge in [0.2, 0.25) is 0 Å². The highest BCUT2D eigenvalue weighted by molar-refractivity contribution is 7.47. The number of carbonyl (C=O) groups is 3. The standard InChI is InChI=1S/C44H76NO13P/c1-3-5-7-8-9-10-11-12-13-14-15-16-17-18-24-28-43(50)58-36(33-56-59(53,54)57-34-39(45)44(51)52)32-55-42(49)27-23-20-19-22-26-37-38(41(48)31-40(37)47)30-29-35(46)25-21-6-4-2/h9-10,12-13,19,22,29-30,35-41,46-48H,3-8,11,14-18,20-21,23-28,31-34,45H2,1-2H3,(H,51,52)(H,53,54)/b10-9-,13-12-,22-19+,30-29+/t35-,36+,37+,38+,39-,40-,41+/m0/s1. The quantitative estimate of drug-likeness (QED) is 0.0153. The Kier molecular flexibility index (Phi) is 31.3. The highest BCUT2D eigenvalue weighted by Gasteiger charge is 2.39. The van der Waals surface area contributed by atoms with Crippen LogP contribution in [0.4, 0.5) is 0 Å². The van der Waals surface area contributed by atoms with Crippen molar-refractivity contribution in [3.63, 3.8) is 0 Å². The second kappa shape index (κ2) is 34.0. The summed E-state index contributed by atoms with van der Waals surface area (Å²) in [4.78, 5) is 46.1. The van der Waals surface area contributed by atoms with Gasteiger partial charge in [0.15, 0.2) is 6.10 Å². The van der Waals surface area contributed by atoms with Crippen LogP contribution in [-0.4, -0.2) is 93.5 Å².